The number of aromatic nitrogens is 1. The predicted molar refractivity (Wildman–Crippen MR) is 318 cm³/mol. The standard InChI is InChI=1S/C34H31FN4O4.C32H34FN3O4/c1-19(2)17-39-32(40)26-15-21(7-12-25(26)23-8-13-28(38-18-23)33(41)36-3)22-9-14-29-27(16-22)30(34(42)37-4)31(43-29)20-5-10-24(35)11-6-20;1-18(2)17-36-31(37)21-7-13-27(39-24-11-10-23(34)16-24)25(15-21)20-6-12-28-26(14-20)29(32(38)35-3)30(40-28)19-4-8-22(33)9-5-19/h5-16,18-19H,17H2,1-4H3,(H,36,41)(H,37,42)(H,39,40);4-9,12-15,18,23-24H,10-11,16-17,34H2,1-3H3,(H,35,38)(H,36,37). The monoisotopic (exact) mass is 1120 g/mol. The fourth-order valence-electron chi connectivity index (χ4n) is 9.88. The summed E-state index contributed by atoms with van der Waals surface area (Å²) in [7, 11) is 4.63. The molecule has 10 rings (SSSR count). The number of ether oxygens (including phenoxy) is 1. The van der Waals surface area contributed by atoms with Gasteiger partial charge in [-0.05, 0) is 156 Å². The zero-order valence-electron chi connectivity index (χ0n) is 47.2. The highest BCUT2D eigenvalue weighted by Crippen LogP contribution is 2.41. The molecule has 426 valence electrons. The Balaban J connectivity index is 0.000000200. The van der Waals surface area contributed by atoms with E-state index in [-0.39, 0.29) is 59.1 Å². The van der Waals surface area contributed by atoms with Crippen molar-refractivity contribution in [2.75, 3.05) is 34.2 Å². The summed E-state index contributed by atoms with van der Waals surface area (Å²) in [4.78, 5) is 68.7. The van der Waals surface area contributed by atoms with E-state index < -0.39 is 5.82 Å². The molecule has 3 heterocycles. The highest BCUT2D eigenvalue weighted by atomic mass is 19.1. The summed E-state index contributed by atoms with van der Waals surface area (Å²) in [6, 6.07) is 37.1. The number of carbonyl (C=O) groups excluding carboxylic acids is 5. The van der Waals surface area contributed by atoms with Crippen LogP contribution in [0.25, 0.3) is 78.0 Å². The molecule has 5 amide bonds. The summed E-state index contributed by atoms with van der Waals surface area (Å²) in [5.41, 5.74) is 14.6. The van der Waals surface area contributed by atoms with E-state index in [1.807, 2.05) is 76.2 Å². The minimum atomic E-state index is -0.390. The average molecular weight is 1120 g/mol. The molecule has 1 fully saturated rings. The van der Waals surface area contributed by atoms with Gasteiger partial charge < -0.3 is 45.9 Å². The fraction of sp³-hybridized carbons (Fsp3) is 0.242. The summed E-state index contributed by atoms with van der Waals surface area (Å²) in [5, 5.41) is 15.1. The molecule has 0 saturated heterocycles. The number of rotatable bonds is 16. The first-order valence-corrected chi connectivity index (χ1v) is 27.5. The molecule has 1 aliphatic carbocycles. The van der Waals surface area contributed by atoms with Gasteiger partial charge in [-0.15, -0.1) is 0 Å². The van der Waals surface area contributed by atoms with Crippen molar-refractivity contribution >= 4 is 51.5 Å². The van der Waals surface area contributed by atoms with Gasteiger partial charge in [0.2, 0.25) is 0 Å². The predicted octanol–water partition coefficient (Wildman–Crippen LogP) is 12.0. The van der Waals surface area contributed by atoms with Crippen molar-refractivity contribution in [3.63, 3.8) is 0 Å². The van der Waals surface area contributed by atoms with Crippen molar-refractivity contribution in [1.82, 2.24) is 31.6 Å². The van der Waals surface area contributed by atoms with E-state index in [2.05, 4.69) is 31.6 Å². The van der Waals surface area contributed by atoms with Crippen LogP contribution in [0.5, 0.6) is 5.75 Å². The highest BCUT2D eigenvalue weighted by Gasteiger charge is 2.28. The van der Waals surface area contributed by atoms with Gasteiger partial charge in [0.1, 0.15) is 51.9 Å². The third kappa shape index (κ3) is 13.2. The number of benzene rings is 6. The molecule has 15 nitrogen and oxygen atoms in total. The molecule has 0 radical (unpaired) electrons. The second kappa shape index (κ2) is 25.5. The average Bonchev–Trinajstić information content (AvgIpc) is 3.69. The maximum absolute atomic E-state index is 13.6. The van der Waals surface area contributed by atoms with Crippen molar-refractivity contribution in [3.8, 4) is 61.8 Å². The number of nitrogens with zero attached hydrogens (tertiary/aromatic N) is 1. The SMILES string of the molecule is CNC(=O)c1c(-c2ccc(F)cc2)oc2ccc(-c3cc(C(=O)NCC(C)C)ccc3OC3CCC(N)C3)cc12.CNC(=O)c1ccc(-c2ccc(-c3ccc4oc(-c5ccc(F)cc5)c(C(=O)NC)c4c3)cc2C(=O)NCC(C)C)cn1. The number of hydrogen-bond acceptors (Lipinski definition) is 10. The zero-order valence-corrected chi connectivity index (χ0v) is 47.2. The summed E-state index contributed by atoms with van der Waals surface area (Å²) >= 11 is 0. The van der Waals surface area contributed by atoms with E-state index in [0.717, 1.165) is 41.5 Å². The molecule has 7 N–H and O–H groups in total. The van der Waals surface area contributed by atoms with Crippen LogP contribution in [0.15, 0.2) is 148 Å². The molecule has 0 spiro atoms. The molecule has 2 atom stereocenters. The smallest absolute Gasteiger partial charge is 0.269 e. The minimum absolute atomic E-state index is 0.0152. The van der Waals surface area contributed by atoms with Gasteiger partial charge >= 0.3 is 0 Å². The molecule has 17 heteroatoms. The van der Waals surface area contributed by atoms with Crippen LogP contribution in [0.1, 0.15) is 98.9 Å². The van der Waals surface area contributed by atoms with Crippen molar-refractivity contribution < 1.29 is 46.3 Å². The molecular weight excluding hydrogens is 1060 g/mol. The van der Waals surface area contributed by atoms with E-state index in [0.29, 0.717) is 103 Å². The topological polar surface area (TPSA) is 220 Å². The number of fused-ring (bicyclic) bond motifs is 2. The van der Waals surface area contributed by atoms with Gasteiger partial charge in [0.25, 0.3) is 29.5 Å². The third-order valence-corrected chi connectivity index (χ3v) is 14.2. The van der Waals surface area contributed by atoms with Gasteiger partial charge in [0, 0.05) is 90.6 Å². The largest absolute Gasteiger partial charge is 0.490 e. The van der Waals surface area contributed by atoms with Crippen LogP contribution < -0.4 is 37.1 Å². The number of furan rings is 2. The summed E-state index contributed by atoms with van der Waals surface area (Å²) < 4.78 is 45.8. The lowest BCUT2D eigenvalue weighted by molar-refractivity contribution is 0.0941. The number of halogens is 2. The molecule has 3 aromatic heterocycles. The maximum atomic E-state index is 13.6. The Morgan fingerprint density at radius 1 is 0.554 bits per heavy atom. The first kappa shape index (κ1) is 58.2. The minimum Gasteiger partial charge on any atom is -0.490 e. The number of amides is 5. The number of hydrogen-bond donors (Lipinski definition) is 6. The van der Waals surface area contributed by atoms with Crippen LogP contribution in [0, 0.1) is 23.5 Å². The van der Waals surface area contributed by atoms with E-state index in [4.69, 9.17) is 19.3 Å². The molecule has 0 bridgehead atoms. The molecule has 2 unspecified atom stereocenters. The van der Waals surface area contributed by atoms with Crippen LogP contribution >= 0.6 is 0 Å². The third-order valence-electron chi connectivity index (χ3n) is 14.2. The van der Waals surface area contributed by atoms with Gasteiger partial charge in [-0.25, -0.2) is 8.78 Å². The second-order valence-electron chi connectivity index (χ2n) is 21.2. The highest BCUT2D eigenvalue weighted by molar-refractivity contribution is 6.13. The molecule has 0 aliphatic heterocycles. The van der Waals surface area contributed by atoms with Crippen molar-refractivity contribution in [2.24, 2.45) is 17.6 Å². The van der Waals surface area contributed by atoms with Crippen molar-refractivity contribution in [1.29, 1.82) is 0 Å². The molecule has 1 saturated carbocycles. The van der Waals surface area contributed by atoms with E-state index in [9.17, 15) is 32.8 Å². The normalized spacial score (nSPS) is 13.8. The zero-order chi connectivity index (χ0) is 59.1. The fourth-order valence-corrected chi connectivity index (χ4v) is 9.88. The lowest BCUT2D eigenvalue weighted by Crippen LogP contribution is -2.27. The summed E-state index contributed by atoms with van der Waals surface area (Å²) in [5.74, 6) is -0.240. The van der Waals surface area contributed by atoms with Gasteiger partial charge in [-0.3, -0.25) is 29.0 Å². The lowest BCUT2D eigenvalue weighted by atomic mass is 9.94. The van der Waals surface area contributed by atoms with Crippen molar-refractivity contribution in [2.45, 2.75) is 59.1 Å². The molecule has 9 aromatic rings. The Kier molecular flexibility index (Phi) is 17.9. The summed E-state index contributed by atoms with van der Waals surface area (Å²) in [6.07, 6.45) is 4.08. The molecular formula is C66H65F2N7O8. The van der Waals surface area contributed by atoms with E-state index in [1.54, 1.807) is 73.9 Å². The molecule has 1 aliphatic rings. The first-order chi connectivity index (χ1) is 39.9. The van der Waals surface area contributed by atoms with Gasteiger partial charge in [0.05, 0.1) is 11.1 Å². The number of nitrogens with two attached hydrogens (primary N) is 1. The van der Waals surface area contributed by atoms with Crippen LogP contribution in [-0.4, -0.2) is 80.9 Å². The van der Waals surface area contributed by atoms with Crippen LogP contribution in [0.3, 0.4) is 0 Å². The van der Waals surface area contributed by atoms with E-state index >= 15 is 0 Å². The Bertz CT molecular complexity index is 3870. The van der Waals surface area contributed by atoms with Crippen LogP contribution in [0.4, 0.5) is 8.78 Å². The maximum Gasteiger partial charge on any atom is 0.269 e. The lowest BCUT2D eigenvalue weighted by Gasteiger charge is -2.18. The molecule has 6 aromatic carbocycles. The van der Waals surface area contributed by atoms with Crippen LogP contribution in [-0.2, 0) is 0 Å². The van der Waals surface area contributed by atoms with Gasteiger partial charge in [-0.2, -0.15) is 0 Å². The number of carbonyl (C=O) groups is 5. The summed E-state index contributed by atoms with van der Waals surface area (Å²) in [6.45, 7) is 9.18. The number of nitrogens with one attached hydrogen (secondary N) is 5. The van der Waals surface area contributed by atoms with Crippen LogP contribution in [0.2, 0.25) is 0 Å². The van der Waals surface area contributed by atoms with Gasteiger partial charge in [-0.1, -0.05) is 58.0 Å². The Hall–Kier alpha value is -9.48. The van der Waals surface area contributed by atoms with Gasteiger partial charge in [0.15, 0.2) is 0 Å². The quantitative estimate of drug-likeness (QED) is 0.0537. The molecule has 83 heavy (non-hydrogen) atoms. The Morgan fingerprint density at radius 2 is 1.06 bits per heavy atom. The van der Waals surface area contributed by atoms with E-state index in [1.165, 1.54) is 38.4 Å². The van der Waals surface area contributed by atoms with Crippen molar-refractivity contribution in [3.05, 3.63) is 179 Å². The Morgan fingerprint density at radius 3 is 1.58 bits per heavy atom. The first-order valence-electron chi connectivity index (χ1n) is 27.5. The second-order valence-corrected chi connectivity index (χ2v) is 21.2. The Labute approximate surface area is 479 Å². The number of pyridine rings is 1.